The van der Waals surface area contributed by atoms with Crippen LogP contribution in [0.25, 0.3) is 0 Å². The van der Waals surface area contributed by atoms with E-state index >= 15 is 0 Å². The number of rotatable bonds is 7. The topological polar surface area (TPSA) is 82.1 Å². The molecule has 3 rings (SSSR count). The lowest BCUT2D eigenvalue weighted by atomic mass is 9.54. The van der Waals surface area contributed by atoms with E-state index in [9.17, 15) is 14.7 Å². The van der Waals surface area contributed by atoms with E-state index in [0.29, 0.717) is 71.2 Å². The fourth-order valence-corrected chi connectivity index (χ4v) is 6.26. The number of Topliss-reactive ketones (excluding diaryl/α,β-unsaturated/α-hetero) is 1. The Kier molecular flexibility index (Phi) is 6.48. The van der Waals surface area contributed by atoms with E-state index in [1.54, 1.807) is 0 Å². The van der Waals surface area contributed by atoms with Crippen molar-refractivity contribution in [3.63, 3.8) is 0 Å². The summed E-state index contributed by atoms with van der Waals surface area (Å²) in [6.45, 7) is 9.14. The Labute approximate surface area is 174 Å². The van der Waals surface area contributed by atoms with Gasteiger partial charge >= 0.3 is 5.97 Å². The number of carbonyl (C=O) groups excluding carboxylic acids is 2. The third kappa shape index (κ3) is 3.66. The van der Waals surface area contributed by atoms with Crippen LogP contribution in [0.1, 0.15) is 85.5 Å². The van der Waals surface area contributed by atoms with E-state index in [-0.39, 0.29) is 17.7 Å². The van der Waals surface area contributed by atoms with Crippen LogP contribution in [0.4, 0.5) is 0 Å². The van der Waals surface area contributed by atoms with Gasteiger partial charge in [0, 0.05) is 32.5 Å². The lowest BCUT2D eigenvalue weighted by Gasteiger charge is -2.53. The summed E-state index contributed by atoms with van der Waals surface area (Å²) in [4.78, 5) is 25.7. The molecule has 1 N–H and O–H groups in total. The maximum Gasteiger partial charge on any atom is 0.312 e. The fourth-order valence-electron chi connectivity index (χ4n) is 6.26. The van der Waals surface area contributed by atoms with Crippen LogP contribution in [0.3, 0.4) is 0 Å². The summed E-state index contributed by atoms with van der Waals surface area (Å²) in [5.74, 6) is -0.628. The number of carbonyl (C=O) groups is 2. The van der Waals surface area contributed by atoms with Crippen LogP contribution in [0, 0.1) is 16.7 Å². The number of esters is 1. The van der Waals surface area contributed by atoms with Gasteiger partial charge in [0.15, 0.2) is 5.79 Å². The van der Waals surface area contributed by atoms with Crippen LogP contribution in [0.2, 0.25) is 0 Å². The average molecular weight is 411 g/mol. The molecule has 0 heterocycles. The zero-order valence-electron chi connectivity index (χ0n) is 18.6. The summed E-state index contributed by atoms with van der Waals surface area (Å²) >= 11 is 0. The third-order valence-electron chi connectivity index (χ3n) is 8.17. The van der Waals surface area contributed by atoms with Crippen molar-refractivity contribution >= 4 is 11.8 Å². The van der Waals surface area contributed by atoms with Crippen LogP contribution < -0.4 is 0 Å². The molecule has 0 spiro atoms. The molecule has 0 aliphatic heterocycles. The Balaban J connectivity index is 1.86. The number of hydrogen-bond acceptors (Lipinski definition) is 6. The SMILES string of the molecule is CCOC(=O)C1([C@H]2CC[C@]3(C)C(=O)CC[C@]3(O)C2)CCC(OCC)(OCC)CC1. The minimum atomic E-state index is -1.01. The van der Waals surface area contributed by atoms with Gasteiger partial charge in [0.05, 0.1) is 23.0 Å². The molecule has 0 amide bonds. The molecule has 29 heavy (non-hydrogen) atoms. The van der Waals surface area contributed by atoms with Gasteiger partial charge in [-0.25, -0.2) is 0 Å². The molecule has 0 aromatic heterocycles. The molecule has 3 aliphatic carbocycles. The van der Waals surface area contributed by atoms with E-state index in [2.05, 4.69) is 0 Å². The predicted octanol–water partition coefficient (Wildman–Crippen LogP) is 3.78. The molecule has 0 radical (unpaired) electrons. The molecule has 166 valence electrons. The summed E-state index contributed by atoms with van der Waals surface area (Å²) in [7, 11) is 0. The quantitative estimate of drug-likeness (QED) is 0.508. The number of ketones is 1. The molecule has 6 nitrogen and oxygen atoms in total. The van der Waals surface area contributed by atoms with Crippen molar-refractivity contribution in [1.29, 1.82) is 0 Å². The number of aliphatic hydroxyl groups is 1. The van der Waals surface area contributed by atoms with Crippen molar-refractivity contribution in [3.8, 4) is 0 Å². The van der Waals surface area contributed by atoms with Crippen molar-refractivity contribution < 1.29 is 28.9 Å². The lowest BCUT2D eigenvalue weighted by Crippen LogP contribution is -2.56. The maximum absolute atomic E-state index is 13.2. The minimum absolute atomic E-state index is 0.00628. The van der Waals surface area contributed by atoms with Crippen molar-refractivity contribution in [2.45, 2.75) is 96.9 Å². The van der Waals surface area contributed by atoms with E-state index in [0.717, 1.165) is 6.42 Å². The van der Waals surface area contributed by atoms with E-state index < -0.39 is 22.2 Å². The second kappa shape index (κ2) is 8.27. The molecular formula is C23H38O6. The monoisotopic (exact) mass is 410 g/mol. The van der Waals surface area contributed by atoms with Gasteiger partial charge in [-0.05, 0) is 72.1 Å². The highest BCUT2D eigenvalue weighted by molar-refractivity contribution is 5.88. The molecule has 3 aliphatic rings. The summed E-state index contributed by atoms with van der Waals surface area (Å²) in [6, 6.07) is 0. The zero-order chi connectivity index (χ0) is 21.3. The molecule has 6 heteroatoms. The standard InChI is InChI=1S/C23H38O6/c1-5-27-19(25)21(12-14-23(15-13-21,28-6-2)29-7-3)17-8-10-20(4)18(24)9-11-22(20,26)16-17/h17,26H,5-16H2,1-4H3/t17-,20+,22-/m0/s1. The third-order valence-corrected chi connectivity index (χ3v) is 8.17. The second-order valence-corrected chi connectivity index (χ2v) is 9.38. The Morgan fingerprint density at radius 1 is 1.00 bits per heavy atom. The summed E-state index contributed by atoms with van der Waals surface area (Å²) < 4.78 is 17.5. The van der Waals surface area contributed by atoms with E-state index in [4.69, 9.17) is 14.2 Å². The van der Waals surface area contributed by atoms with Gasteiger partial charge < -0.3 is 19.3 Å². The van der Waals surface area contributed by atoms with Crippen molar-refractivity contribution in [3.05, 3.63) is 0 Å². The Morgan fingerprint density at radius 2 is 1.62 bits per heavy atom. The molecule has 0 aromatic rings. The largest absolute Gasteiger partial charge is 0.466 e. The smallest absolute Gasteiger partial charge is 0.312 e. The van der Waals surface area contributed by atoms with Crippen LogP contribution in [-0.4, -0.2) is 48.1 Å². The summed E-state index contributed by atoms with van der Waals surface area (Å²) in [5, 5.41) is 11.4. The van der Waals surface area contributed by atoms with Gasteiger partial charge in [-0.1, -0.05) is 0 Å². The molecule has 0 bridgehead atoms. The number of hydrogen-bond donors (Lipinski definition) is 1. The predicted molar refractivity (Wildman–Crippen MR) is 108 cm³/mol. The highest BCUT2D eigenvalue weighted by atomic mass is 16.7. The van der Waals surface area contributed by atoms with Crippen LogP contribution in [0.5, 0.6) is 0 Å². The van der Waals surface area contributed by atoms with Gasteiger partial charge in [-0.15, -0.1) is 0 Å². The Hall–Kier alpha value is -0.980. The highest BCUT2D eigenvalue weighted by Crippen LogP contribution is 2.60. The molecule has 0 saturated heterocycles. The Morgan fingerprint density at radius 3 is 2.17 bits per heavy atom. The summed E-state index contributed by atoms with van der Waals surface area (Å²) in [5.41, 5.74) is -2.33. The van der Waals surface area contributed by atoms with Gasteiger partial charge in [0.1, 0.15) is 5.78 Å². The molecular weight excluding hydrogens is 372 g/mol. The molecule has 0 unspecified atom stereocenters. The van der Waals surface area contributed by atoms with E-state index in [1.165, 1.54) is 0 Å². The number of ether oxygens (including phenoxy) is 3. The minimum Gasteiger partial charge on any atom is -0.466 e. The van der Waals surface area contributed by atoms with Gasteiger partial charge in [0.2, 0.25) is 0 Å². The first-order chi connectivity index (χ1) is 13.7. The lowest BCUT2D eigenvalue weighted by molar-refractivity contribution is -0.263. The van der Waals surface area contributed by atoms with Crippen molar-refractivity contribution in [1.82, 2.24) is 0 Å². The average Bonchev–Trinajstić information content (AvgIpc) is 2.93. The summed E-state index contributed by atoms with van der Waals surface area (Å²) in [6.07, 6.45) is 5.34. The number of fused-ring (bicyclic) bond motifs is 1. The van der Waals surface area contributed by atoms with Crippen molar-refractivity contribution in [2.75, 3.05) is 19.8 Å². The first kappa shape index (κ1) is 22.7. The van der Waals surface area contributed by atoms with Crippen molar-refractivity contribution in [2.24, 2.45) is 16.7 Å². The molecule has 3 fully saturated rings. The van der Waals surface area contributed by atoms with Crippen LogP contribution in [-0.2, 0) is 23.8 Å². The first-order valence-corrected chi connectivity index (χ1v) is 11.4. The normalized spacial score (nSPS) is 35.9. The van der Waals surface area contributed by atoms with Gasteiger partial charge in [-0.2, -0.15) is 0 Å². The highest BCUT2D eigenvalue weighted by Gasteiger charge is 2.63. The van der Waals surface area contributed by atoms with Crippen LogP contribution >= 0.6 is 0 Å². The molecule has 3 saturated carbocycles. The zero-order valence-corrected chi connectivity index (χ0v) is 18.6. The van der Waals surface area contributed by atoms with Gasteiger partial charge in [-0.3, -0.25) is 9.59 Å². The first-order valence-electron chi connectivity index (χ1n) is 11.4. The van der Waals surface area contributed by atoms with E-state index in [1.807, 2.05) is 27.7 Å². The maximum atomic E-state index is 13.2. The molecule has 0 aromatic carbocycles. The Bertz CT molecular complexity index is 615. The molecule has 3 atom stereocenters. The van der Waals surface area contributed by atoms with Crippen LogP contribution in [0.15, 0.2) is 0 Å². The van der Waals surface area contributed by atoms with Gasteiger partial charge in [0.25, 0.3) is 0 Å². The fraction of sp³-hybridized carbons (Fsp3) is 0.913. The second-order valence-electron chi connectivity index (χ2n) is 9.38.